The fraction of sp³-hybridized carbons (Fsp3) is 0.667. The Morgan fingerprint density at radius 3 is 2.48 bits per heavy atom. The third kappa shape index (κ3) is 4.19. The SMILES string of the molecule is CCC1CCC(N(C)c2ccc(CC(C)N)cc2F)CC1. The molecule has 0 aliphatic heterocycles. The highest BCUT2D eigenvalue weighted by Gasteiger charge is 2.24. The second-order valence-corrected chi connectivity index (χ2v) is 6.66. The maximum atomic E-state index is 14.4. The molecule has 0 spiro atoms. The van der Waals surface area contributed by atoms with E-state index in [1.807, 2.05) is 26.1 Å². The summed E-state index contributed by atoms with van der Waals surface area (Å²) < 4.78 is 14.4. The van der Waals surface area contributed by atoms with Gasteiger partial charge < -0.3 is 10.6 Å². The van der Waals surface area contributed by atoms with E-state index >= 15 is 0 Å². The summed E-state index contributed by atoms with van der Waals surface area (Å²) >= 11 is 0. The lowest BCUT2D eigenvalue weighted by atomic mass is 9.84. The number of nitrogens with zero attached hydrogens (tertiary/aromatic N) is 1. The minimum absolute atomic E-state index is 0.0669. The number of hydrogen-bond acceptors (Lipinski definition) is 2. The molecule has 1 aliphatic carbocycles. The molecule has 2 rings (SSSR count). The Morgan fingerprint density at radius 2 is 1.95 bits per heavy atom. The van der Waals surface area contributed by atoms with E-state index in [4.69, 9.17) is 5.73 Å². The number of hydrogen-bond donors (Lipinski definition) is 1. The van der Waals surface area contributed by atoms with Crippen LogP contribution >= 0.6 is 0 Å². The van der Waals surface area contributed by atoms with Crippen LogP contribution < -0.4 is 10.6 Å². The van der Waals surface area contributed by atoms with Crippen LogP contribution in [0.2, 0.25) is 0 Å². The second-order valence-electron chi connectivity index (χ2n) is 6.66. The Hall–Kier alpha value is -1.09. The van der Waals surface area contributed by atoms with Crippen molar-refractivity contribution in [2.24, 2.45) is 11.7 Å². The molecule has 0 aromatic heterocycles. The molecule has 3 heteroatoms. The fourth-order valence-corrected chi connectivity index (χ4v) is 3.47. The molecule has 1 aromatic carbocycles. The van der Waals surface area contributed by atoms with Crippen LogP contribution in [0.15, 0.2) is 18.2 Å². The molecule has 1 unspecified atom stereocenters. The molecule has 1 atom stereocenters. The van der Waals surface area contributed by atoms with Gasteiger partial charge in [0.2, 0.25) is 0 Å². The van der Waals surface area contributed by atoms with Crippen LogP contribution in [0.5, 0.6) is 0 Å². The third-order valence-electron chi connectivity index (χ3n) is 4.89. The van der Waals surface area contributed by atoms with Crippen LogP contribution in [0.4, 0.5) is 10.1 Å². The van der Waals surface area contributed by atoms with Gasteiger partial charge in [-0.2, -0.15) is 0 Å². The van der Waals surface area contributed by atoms with Crippen molar-refractivity contribution in [1.29, 1.82) is 0 Å². The van der Waals surface area contributed by atoms with E-state index in [9.17, 15) is 4.39 Å². The summed E-state index contributed by atoms with van der Waals surface area (Å²) in [7, 11) is 2.03. The van der Waals surface area contributed by atoms with Crippen molar-refractivity contribution in [3.63, 3.8) is 0 Å². The molecule has 0 amide bonds. The van der Waals surface area contributed by atoms with Crippen LogP contribution in [0, 0.1) is 11.7 Å². The fourth-order valence-electron chi connectivity index (χ4n) is 3.47. The third-order valence-corrected chi connectivity index (χ3v) is 4.89. The molecular weight excluding hydrogens is 263 g/mol. The van der Waals surface area contributed by atoms with Crippen LogP contribution in [-0.2, 0) is 6.42 Å². The summed E-state index contributed by atoms with van der Waals surface area (Å²) in [5.74, 6) is 0.751. The zero-order chi connectivity index (χ0) is 15.4. The van der Waals surface area contributed by atoms with E-state index in [2.05, 4.69) is 11.8 Å². The van der Waals surface area contributed by atoms with Crippen molar-refractivity contribution in [2.75, 3.05) is 11.9 Å². The zero-order valence-electron chi connectivity index (χ0n) is 13.6. The highest BCUT2D eigenvalue weighted by atomic mass is 19.1. The van der Waals surface area contributed by atoms with Gasteiger partial charge in [-0.1, -0.05) is 19.4 Å². The van der Waals surface area contributed by atoms with Crippen molar-refractivity contribution in [1.82, 2.24) is 0 Å². The summed E-state index contributed by atoms with van der Waals surface area (Å²) in [6.07, 6.45) is 6.90. The molecular formula is C18H29FN2. The molecule has 21 heavy (non-hydrogen) atoms. The Bertz CT molecular complexity index is 451. The van der Waals surface area contributed by atoms with Crippen molar-refractivity contribution < 1.29 is 4.39 Å². The first-order valence-corrected chi connectivity index (χ1v) is 8.28. The van der Waals surface area contributed by atoms with Crippen LogP contribution in [-0.4, -0.2) is 19.1 Å². The maximum Gasteiger partial charge on any atom is 0.146 e. The number of rotatable bonds is 5. The quantitative estimate of drug-likeness (QED) is 0.884. The normalized spacial score (nSPS) is 23.9. The highest BCUT2D eigenvalue weighted by Crippen LogP contribution is 2.32. The van der Waals surface area contributed by atoms with Crippen molar-refractivity contribution in [3.8, 4) is 0 Å². The summed E-state index contributed by atoms with van der Waals surface area (Å²) in [6.45, 7) is 4.22. The van der Waals surface area contributed by atoms with E-state index in [0.717, 1.165) is 23.6 Å². The van der Waals surface area contributed by atoms with Gasteiger partial charge in [-0.05, 0) is 62.6 Å². The molecule has 0 heterocycles. The molecule has 0 radical (unpaired) electrons. The van der Waals surface area contributed by atoms with Gasteiger partial charge in [-0.3, -0.25) is 0 Å². The lowest BCUT2D eigenvalue weighted by Crippen LogP contribution is -2.35. The van der Waals surface area contributed by atoms with E-state index in [-0.39, 0.29) is 11.9 Å². The summed E-state index contributed by atoms with van der Waals surface area (Å²) in [4.78, 5) is 2.14. The molecule has 0 saturated heterocycles. The van der Waals surface area contributed by atoms with Gasteiger partial charge >= 0.3 is 0 Å². The van der Waals surface area contributed by atoms with Gasteiger partial charge in [-0.15, -0.1) is 0 Å². The topological polar surface area (TPSA) is 29.3 Å². The molecule has 118 valence electrons. The van der Waals surface area contributed by atoms with Gasteiger partial charge in [0.1, 0.15) is 5.82 Å². The summed E-state index contributed by atoms with van der Waals surface area (Å²) in [5, 5.41) is 0. The molecule has 2 nitrogen and oxygen atoms in total. The molecule has 1 aromatic rings. The van der Waals surface area contributed by atoms with Crippen LogP contribution in [0.3, 0.4) is 0 Å². The standard InChI is InChI=1S/C18H29FN2/c1-4-14-5-8-16(9-6-14)21(3)18-10-7-15(11-13(2)20)12-17(18)19/h7,10,12-14,16H,4-6,8-9,11,20H2,1-3H3. The van der Waals surface area contributed by atoms with Crippen molar-refractivity contribution in [2.45, 2.75) is 64.5 Å². The first-order chi connectivity index (χ1) is 10.0. The number of benzene rings is 1. The van der Waals surface area contributed by atoms with Gasteiger partial charge in [-0.25, -0.2) is 4.39 Å². The van der Waals surface area contributed by atoms with E-state index in [0.29, 0.717) is 6.04 Å². The van der Waals surface area contributed by atoms with Crippen LogP contribution in [0.1, 0.15) is 51.5 Å². The monoisotopic (exact) mass is 292 g/mol. The molecule has 1 saturated carbocycles. The molecule has 2 N–H and O–H groups in total. The van der Waals surface area contributed by atoms with Gasteiger partial charge in [0.15, 0.2) is 0 Å². The molecule has 0 bridgehead atoms. The summed E-state index contributed by atoms with van der Waals surface area (Å²) in [5.41, 5.74) is 7.49. The molecule has 1 aliphatic rings. The lowest BCUT2D eigenvalue weighted by Gasteiger charge is -2.36. The maximum absolute atomic E-state index is 14.4. The average molecular weight is 292 g/mol. The zero-order valence-corrected chi connectivity index (χ0v) is 13.6. The van der Waals surface area contributed by atoms with Crippen molar-refractivity contribution >= 4 is 5.69 Å². The van der Waals surface area contributed by atoms with E-state index < -0.39 is 0 Å². The van der Waals surface area contributed by atoms with E-state index in [1.165, 1.54) is 32.1 Å². The number of halogens is 1. The second kappa shape index (κ2) is 7.26. The highest BCUT2D eigenvalue weighted by molar-refractivity contribution is 5.49. The summed E-state index contributed by atoms with van der Waals surface area (Å²) in [6, 6.07) is 6.11. The smallest absolute Gasteiger partial charge is 0.146 e. The predicted molar refractivity (Wildman–Crippen MR) is 88.2 cm³/mol. The first kappa shape index (κ1) is 16.3. The Labute approximate surface area is 128 Å². The van der Waals surface area contributed by atoms with Gasteiger partial charge in [0.25, 0.3) is 0 Å². The number of anilines is 1. The Kier molecular flexibility index (Phi) is 5.63. The minimum atomic E-state index is -0.117. The van der Waals surface area contributed by atoms with E-state index in [1.54, 1.807) is 6.07 Å². The number of nitrogens with two attached hydrogens (primary N) is 1. The largest absolute Gasteiger partial charge is 0.369 e. The Balaban J connectivity index is 2.04. The minimum Gasteiger partial charge on any atom is -0.369 e. The first-order valence-electron chi connectivity index (χ1n) is 8.28. The molecule has 1 fully saturated rings. The van der Waals surface area contributed by atoms with Gasteiger partial charge in [0, 0.05) is 19.1 Å². The average Bonchev–Trinajstić information content (AvgIpc) is 2.46. The van der Waals surface area contributed by atoms with Gasteiger partial charge in [0.05, 0.1) is 5.69 Å². The lowest BCUT2D eigenvalue weighted by molar-refractivity contribution is 0.312. The Morgan fingerprint density at radius 1 is 1.29 bits per heavy atom. The predicted octanol–water partition coefficient (Wildman–Crippen LogP) is 4.12. The van der Waals surface area contributed by atoms with Crippen LogP contribution in [0.25, 0.3) is 0 Å². The van der Waals surface area contributed by atoms with Crippen molar-refractivity contribution in [3.05, 3.63) is 29.6 Å².